The zero-order valence-corrected chi connectivity index (χ0v) is 12.3. The van der Waals surface area contributed by atoms with Gasteiger partial charge >= 0.3 is 6.36 Å². The molecule has 0 radical (unpaired) electrons. The summed E-state index contributed by atoms with van der Waals surface area (Å²) in [7, 11) is 0. The molecule has 0 bridgehead atoms. The van der Waals surface area contributed by atoms with Crippen molar-refractivity contribution in [1.82, 2.24) is 0 Å². The number of ether oxygens (including phenoxy) is 1. The second kappa shape index (κ2) is 5.98. The van der Waals surface area contributed by atoms with Gasteiger partial charge in [0.1, 0.15) is 5.75 Å². The van der Waals surface area contributed by atoms with Gasteiger partial charge in [-0.15, -0.1) is 24.8 Å². The molecule has 0 spiro atoms. The molecule has 0 aliphatic carbocycles. The number of aryl methyl sites for hydroxylation is 2. The molecule has 0 N–H and O–H groups in total. The molecule has 2 aromatic carbocycles. The Hall–Kier alpha value is -1.68. The molecule has 0 saturated heterocycles. The highest BCUT2D eigenvalue weighted by Gasteiger charge is 2.31. The quantitative estimate of drug-likeness (QED) is 0.677. The van der Waals surface area contributed by atoms with E-state index in [-0.39, 0.29) is 5.75 Å². The lowest BCUT2D eigenvalue weighted by atomic mass is 10.00. The summed E-state index contributed by atoms with van der Waals surface area (Å²) in [5.74, 6) is -0.254. The summed E-state index contributed by atoms with van der Waals surface area (Å²) in [4.78, 5) is 0. The van der Waals surface area contributed by atoms with Crippen LogP contribution in [0.4, 0.5) is 13.2 Å². The molecule has 1 atom stereocenters. The van der Waals surface area contributed by atoms with Crippen LogP contribution in [-0.4, -0.2) is 6.36 Å². The maximum absolute atomic E-state index is 12.1. The number of hydrogen-bond donors (Lipinski definition) is 0. The van der Waals surface area contributed by atoms with Crippen molar-refractivity contribution >= 4 is 11.6 Å². The number of alkyl halides is 4. The Bertz CT molecular complexity index is 620. The fourth-order valence-corrected chi connectivity index (χ4v) is 2.23. The summed E-state index contributed by atoms with van der Waals surface area (Å²) in [6.07, 6.45) is -4.68. The van der Waals surface area contributed by atoms with E-state index in [1.807, 2.05) is 32.0 Å². The highest BCUT2D eigenvalue weighted by Crippen LogP contribution is 2.32. The van der Waals surface area contributed by atoms with Crippen molar-refractivity contribution in [2.45, 2.75) is 25.6 Å². The van der Waals surface area contributed by atoms with E-state index in [1.54, 1.807) is 0 Å². The van der Waals surface area contributed by atoms with Gasteiger partial charge in [-0.1, -0.05) is 30.3 Å². The van der Waals surface area contributed by atoms with Crippen LogP contribution in [0.3, 0.4) is 0 Å². The van der Waals surface area contributed by atoms with Crippen LogP contribution in [0.2, 0.25) is 0 Å². The van der Waals surface area contributed by atoms with Crippen molar-refractivity contribution in [1.29, 1.82) is 0 Å². The highest BCUT2D eigenvalue weighted by molar-refractivity contribution is 6.22. The van der Waals surface area contributed by atoms with E-state index in [9.17, 15) is 13.2 Å². The van der Waals surface area contributed by atoms with Gasteiger partial charge in [0.2, 0.25) is 0 Å². The smallest absolute Gasteiger partial charge is 0.406 e. The molecule has 5 heteroatoms. The van der Waals surface area contributed by atoms with Gasteiger partial charge in [0.15, 0.2) is 0 Å². The normalized spacial score (nSPS) is 13.0. The Balaban J connectivity index is 2.19. The molecule has 0 fully saturated rings. The molecular formula is C16H14ClF3O. The Morgan fingerprint density at radius 2 is 1.48 bits per heavy atom. The molecule has 0 amide bonds. The van der Waals surface area contributed by atoms with Gasteiger partial charge in [0.25, 0.3) is 0 Å². The van der Waals surface area contributed by atoms with Gasteiger partial charge in [-0.05, 0) is 48.2 Å². The zero-order valence-electron chi connectivity index (χ0n) is 11.5. The van der Waals surface area contributed by atoms with E-state index in [4.69, 9.17) is 11.6 Å². The summed E-state index contributed by atoms with van der Waals surface area (Å²) < 4.78 is 40.1. The average molecular weight is 315 g/mol. The van der Waals surface area contributed by atoms with Gasteiger partial charge in [0, 0.05) is 0 Å². The SMILES string of the molecule is Cc1ccc(C(Cl)c2ccc(OC(F)(F)F)cc2)cc1C. The molecule has 1 unspecified atom stereocenters. The van der Waals surface area contributed by atoms with E-state index < -0.39 is 11.7 Å². The van der Waals surface area contributed by atoms with Crippen molar-refractivity contribution < 1.29 is 17.9 Å². The first kappa shape index (κ1) is 15.7. The molecule has 0 aromatic heterocycles. The molecule has 2 rings (SSSR count). The number of rotatable bonds is 3. The maximum atomic E-state index is 12.1. The summed E-state index contributed by atoms with van der Waals surface area (Å²) in [6, 6.07) is 11.5. The van der Waals surface area contributed by atoms with Crippen LogP contribution in [0.1, 0.15) is 27.6 Å². The predicted molar refractivity (Wildman–Crippen MR) is 76.7 cm³/mol. The van der Waals surface area contributed by atoms with E-state index in [0.717, 1.165) is 22.3 Å². The van der Waals surface area contributed by atoms with Crippen molar-refractivity contribution in [2.75, 3.05) is 0 Å². The predicted octanol–water partition coefficient (Wildman–Crippen LogP) is 5.53. The standard InChI is InChI=1S/C16H14ClF3O/c1-10-3-4-13(9-11(10)2)15(17)12-5-7-14(8-6-12)21-16(18,19)20/h3-9,15H,1-2H3. The Morgan fingerprint density at radius 3 is 2.00 bits per heavy atom. The molecule has 21 heavy (non-hydrogen) atoms. The van der Waals surface area contributed by atoms with Gasteiger partial charge in [0.05, 0.1) is 5.38 Å². The molecule has 0 saturated carbocycles. The molecule has 2 aromatic rings. The van der Waals surface area contributed by atoms with E-state index in [1.165, 1.54) is 24.3 Å². The largest absolute Gasteiger partial charge is 0.573 e. The summed E-state index contributed by atoms with van der Waals surface area (Å²) >= 11 is 6.38. The molecule has 1 nitrogen and oxygen atoms in total. The second-order valence-electron chi connectivity index (χ2n) is 4.82. The molecule has 0 heterocycles. The number of hydrogen-bond acceptors (Lipinski definition) is 1. The minimum absolute atomic E-state index is 0.254. The monoisotopic (exact) mass is 314 g/mol. The van der Waals surface area contributed by atoms with Crippen LogP contribution in [0.25, 0.3) is 0 Å². The summed E-state index contributed by atoms with van der Waals surface area (Å²) in [5.41, 5.74) is 3.91. The number of benzene rings is 2. The Morgan fingerprint density at radius 1 is 0.905 bits per heavy atom. The van der Waals surface area contributed by atoms with Crippen LogP contribution in [0, 0.1) is 13.8 Å². The third-order valence-corrected chi connectivity index (χ3v) is 3.73. The minimum atomic E-state index is -4.68. The molecule has 112 valence electrons. The zero-order chi connectivity index (χ0) is 15.6. The van der Waals surface area contributed by atoms with Crippen LogP contribution in [0.15, 0.2) is 42.5 Å². The van der Waals surface area contributed by atoms with E-state index >= 15 is 0 Å². The van der Waals surface area contributed by atoms with Crippen LogP contribution < -0.4 is 4.74 Å². The fourth-order valence-electron chi connectivity index (χ4n) is 1.95. The maximum Gasteiger partial charge on any atom is 0.573 e. The van der Waals surface area contributed by atoms with Crippen LogP contribution >= 0.6 is 11.6 Å². The van der Waals surface area contributed by atoms with Crippen molar-refractivity contribution in [3.05, 3.63) is 64.7 Å². The lowest BCUT2D eigenvalue weighted by molar-refractivity contribution is -0.274. The fraction of sp³-hybridized carbons (Fsp3) is 0.250. The average Bonchev–Trinajstić information content (AvgIpc) is 2.40. The van der Waals surface area contributed by atoms with E-state index in [2.05, 4.69) is 4.74 Å². The number of halogens is 4. The lowest BCUT2D eigenvalue weighted by Crippen LogP contribution is -2.17. The molecule has 0 aliphatic heterocycles. The first-order valence-corrected chi connectivity index (χ1v) is 6.77. The Labute approximate surface area is 126 Å². The third-order valence-electron chi connectivity index (χ3n) is 3.23. The minimum Gasteiger partial charge on any atom is -0.406 e. The summed E-state index contributed by atoms with van der Waals surface area (Å²) in [5, 5.41) is -0.413. The molecule has 0 aliphatic rings. The van der Waals surface area contributed by atoms with Gasteiger partial charge in [-0.2, -0.15) is 0 Å². The third kappa shape index (κ3) is 4.14. The van der Waals surface area contributed by atoms with Crippen molar-refractivity contribution in [3.8, 4) is 5.75 Å². The topological polar surface area (TPSA) is 9.23 Å². The van der Waals surface area contributed by atoms with Gasteiger partial charge in [-0.3, -0.25) is 0 Å². The van der Waals surface area contributed by atoms with Gasteiger partial charge in [-0.25, -0.2) is 0 Å². The summed E-state index contributed by atoms with van der Waals surface area (Å²) in [6.45, 7) is 3.99. The Kier molecular flexibility index (Phi) is 4.47. The van der Waals surface area contributed by atoms with Crippen molar-refractivity contribution in [2.24, 2.45) is 0 Å². The van der Waals surface area contributed by atoms with Gasteiger partial charge < -0.3 is 4.74 Å². The van der Waals surface area contributed by atoms with E-state index in [0.29, 0.717) is 0 Å². The van der Waals surface area contributed by atoms with Crippen LogP contribution in [-0.2, 0) is 0 Å². The van der Waals surface area contributed by atoms with Crippen molar-refractivity contribution in [3.63, 3.8) is 0 Å². The first-order chi connectivity index (χ1) is 9.76. The first-order valence-electron chi connectivity index (χ1n) is 6.33. The second-order valence-corrected chi connectivity index (χ2v) is 5.26. The highest BCUT2D eigenvalue weighted by atomic mass is 35.5. The van der Waals surface area contributed by atoms with Crippen LogP contribution in [0.5, 0.6) is 5.75 Å². The lowest BCUT2D eigenvalue weighted by Gasteiger charge is -2.14. The molecular weight excluding hydrogens is 301 g/mol.